The zero-order valence-electron chi connectivity index (χ0n) is 8.65. The smallest absolute Gasteiger partial charge is 0.307 e. The number of carboxylic acids is 1. The third-order valence-corrected chi connectivity index (χ3v) is 4.04. The highest BCUT2D eigenvalue weighted by Gasteiger charge is 2.50. The van der Waals surface area contributed by atoms with E-state index in [0.717, 1.165) is 19.3 Å². The van der Waals surface area contributed by atoms with Gasteiger partial charge in [-0.25, -0.2) is 0 Å². The van der Waals surface area contributed by atoms with Gasteiger partial charge in [-0.05, 0) is 43.4 Å². The molecule has 4 unspecified atom stereocenters. The Kier molecular flexibility index (Phi) is 2.62. The van der Waals surface area contributed by atoms with Gasteiger partial charge >= 0.3 is 5.97 Å². The predicted molar refractivity (Wildman–Crippen MR) is 54.9 cm³/mol. The van der Waals surface area contributed by atoms with Crippen LogP contribution in [0.5, 0.6) is 0 Å². The number of carboxylic acid groups (broad SMARTS) is 1. The van der Waals surface area contributed by atoms with Gasteiger partial charge in [0.05, 0.1) is 5.92 Å². The fourth-order valence-corrected chi connectivity index (χ4v) is 3.26. The highest BCUT2D eigenvalue weighted by molar-refractivity contribution is 5.72. The summed E-state index contributed by atoms with van der Waals surface area (Å²) in [4.78, 5) is 11.0. The van der Waals surface area contributed by atoms with E-state index in [1.165, 1.54) is 6.42 Å². The molecule has 78 valence electrons. The van der Waals surface area contributed by atoms with Crippen LogP contribution in [-0.2, 0) is 4.79 Å². The lowest BCUT2D eigenvalue weighted by molar-refractivity contribution is -0.159. The summed E-state index contributed by atoms with van der Waals surface area (Å²) in [5.41, 5.74) is 0. The Labute approximate surface area is 85.0 Å². The molecular formula is C12H18O2. The fraction of sp³-hybridized carbons (Fsp3) is 0.750. The molecule has 0 heterocycles. The van der Waals surface area contributed by atoms with E-state index in [2.05, 4.69) is 19.1 Å². The Morgan fingerprint density at radius 1 is 1.21 bits per heavy atom. The molecule has 4 atom stereocenters. The maximum Gasteiger partial charge on any atom is 0.307 e. The lowest BCUT2D eigenvalue weighted by Gasteiger charge is -2.49. The molecule has 2 heteroatoms. The molecule has 1 fully saturated rings. The second-order valence-electron chi connectivity index (χ2n) is 4.68. The summed E-state index contributed by atoms with van der Waals surface area (Å²) in [6.45, 7) is 2.10. The molecule has 2 nitrogen and oxygen atoms in total. The van der Waals surface area contributed by atoms with E-state index < -0.39 is 5.97 Å². The van der Waals surface area contributed by atoms with Gasteiger partial charge in [-0.1, -0.05) is 19.1 Å². The topological polar surface area (TPSA) is 37.3 Å². The molecule has 0 radical (unpaired) electrons. The molecule has 0 bridgehead atoms. The first-order valence-electron chi connectivity index (χ1n) is 5.59. The second kappa shape index (κ2) is 3.76. The van der Waals surface area contributed by atoms with Crippen molar-refractivity contribution in [3.8, 4) is 0 Å². The van der Waals surface area contributed by atoms with Gasteiger partial charge in [-0.3, -0.25) is 4.79 Å². The average molecular weight is 194 g/mol. The fourth-order valence-electron chi connectivity index (χ4n) is 3.26. The van der Waals surface area contributed by atoms with Gasteiger partial charge in [0.15, 0.2) is 0 Å². The number of fused-ring (bicyclic) bond motifs is 1. The van der Waals surface area contributed by atoms with Crippen LogP contribution in [-0.4, -0.2) is 11.1 Å². The zero-order chi connectivity index (χ0) is 10.1. The predicted octanol–water partition coefficient (Wildman–Crippen LogP) is 2.70. The van der Waals surface area contributed by atoms with Crippen LogP contribution in [0.3, 0.4) is 0 Å². The molecule has 2 aliphatic carbocycles. The number of carbonyl (C=O) groups is 1. The van der Waals surface area contributed by atoms with Gasteiger partial charge in [0.25, 0.3) is 0 Å². The molecule has 1 N–H and O–H groups in total. The maximum absolute atomic E-state index is 11.0. The van der Waals surface area contributed by atoms with Gasteiger partial charge < -0.3 is 5.11 Å². The molecule has 0 aliphatic heterocycles. The molecule has 0 aromatic rings. The molecule has 0 saturated heterocycles. The molecule has 1 saturated carbocycles. The van der Waals surface area contributed by atoms with Crippen LogP contribution in [0.2, 0.25) is 0 Å². The van der Waals surface area contributed by atoms with Crippen molar-refractivity contribution in [3.63, 3.8) is 0 Å². The molecule has 2 aliphatic rings. The number of allylic oxidation sites excluding steroid dienone is 2. The molecule has 0 amide bonds. The van der Waals surface area contributed by atoms with Crippen molar-refractivity contribution < 1.29 is 9.90 Å². The summed E-state index contributed by atoms with van der Waals surface area (Å²) >= 11 is 0. The van der Waals surface area contributed by atoms with Gasteiger partial charge in [-0.15, -0.1) is 0 Å². The highest BCUT2D eigenvalue weighted by Crippen LogP contribution is 2.51. The first-order valence-corrected chi connectivity index (χ1v) is 5.59. The minimum Gasteiger partial charge on any atom is -0.481 e. The van der Waals surface area contributed by atoms with E-state index in [9.17, 15) is 4.79 Å². The standard InChI is InChI=1S/C12H18O2/c1-8-9-6-4-2-3-5-7-10(9)11(8)12(13)14/h2-3,8-11H,4-7H2,1H3,(H,13,14)/b3-2+. The maximum atomic E-state index is 11.0. The lowest BCUT2D eigenvalue weighted by Crippen LogP contribution is -2.49. The number of hydrogen-bond acceptors (Lipinski definition) is 1. The van der Waals surface area contributed by atoms with Gasteiger partial charge in [0.2, 0.25) is 0 Å². The summed E-state index contributed by atoms with van der Waals surface area (Å²) < 4.78 is 0. The average Bonchev–Trinajstić information content (AvgIpc) is 2.08. The zero-order valence-corrected chi connectivity index (χ0v) is 8.65. The quantitative estimate of drug-likeness (QED) is 0.652. The van der Waals surface area contributed by atoms with E-state index in [1.807, 2.05) is 0 Å². The van der Waals surface area contributed by atoms with Crippen LogP contribution in [0.1, 0.15) is 32.6 Å². The van der Waals surface area contributed by atoms with Crippen molar-refractivity contribution in [3.05, 3.63) is 12.2 Å². The van der Waals surface area contributed by atoms with Crippen molar-refractivity contribution >= 4 is 5.97 Å². The van der Waals surface area contributed by atoms with Crippen molar-refractivity contribution in [1.82, 2.24) is 0 Å². The SMILES string of the molecule is CC1C2CC/C=C/CCC2C1C(=O)O. The summed E-state index contributed by atoms with van der Waals surface area (Å²) in [6.07, 6.45) is 8.92. The van der Waals surface area contributed by atoms with Crippen molar-refractivity contribution in [2.75, 3.05) is 0 Å². The second-order valence-corrected chi connectivity index (χ2v) is 4.68. The summed E-state index contributed by atoms with van der Waals surface area (Å²) in [5, 5.41) is 9.09. The number of hydrogen-bond donors (Lipinski definition) is 1. The van der Waals surface area contributed by atoms with Crippen LogP contribution >= 0.6 is 0 Å². The third-order valence-electron chi connectivity index (χ3n) is 4.04. The molecule has 0 spiro atoms. The van der Waals surface area contributed by atoms with Gasteiger partial charge in [-0.2, -0.15) is 0 Å². The molecule has 0 aromatic heterocycles. The van der Waals surface area contributed by atoms with Crippen molar-refractivity contribution in [2.45, 2.75) is 32.6 Å². The first kappa shape index (κ1) is 9.75. The molecular weight excluding hydrogens is 176 g/mol. The summed E-state index contributed by atoms with van der Waals surface area (Å²) in [7, 11) is 0. The Balaban J connectivity index is 2.06. The lowest BCUT2D eigenvalue weighted by atomic mass is 9.54. The summed E-state index contributed by atoms with van der Waals surface area (Å²) in [6, 6.07) is 0. The normalized spacial score (nSPS) is 44.1. The van der Waals surface area contributed by atoms with E-state index in [-0.39, 0.29) is 5.92 Å². The van der Waals surface area contributed by atoms with Crippen LogP contribution in [0.25, 0.3) is 0 Å². The third kappa shape index (κ3) is 1.47. The molecule has 0 aromatic carbocycles. The Hall–Kier alpha value is -0.790. The van der Waals surface area contributed by atoms with Crippen LogP contribution < -0.4 is 0 Å². The Bertz CT molecular complexity index is 257. The summed E-state index contributed by atoms with van der Waals surface area (Å²) in [5.74, 6) is 0.868. The van der Waals surface area contributed by atoms with Crippen LogP contribution in [0.15, 0.2) is 12.2 Å². The highest BCUT2D eigenvalue weighted by atomic mass is 16.4. The van der Waals surface area contributed by atoms with E-state index in [4.69, 9.17) is 5.11 Å². The molecule has 14 heavy (non-hydrogen) atoms. The van der Waals surface area contributed by atoms with Crippen molar-refractivity contribution in [1.29, 1.82) is 0 Å². The van der Waals surface area contributed by atoms with E-state index in [1.54, 1.807) is 0 Å². The van der Waals surface area contributed by atoms with Crippen LogP contribution in [0.4, 0.5) is 0 Å². The van der Waals surface area contributed by atoms with Gasteiger partial charge in [0, 0.05) is 0 Å². The Morgan fingerprint density at radius 3 is 2.36 bits per heavy atom. The monoisotopic (exact) mass is 194 g/mol. The van der Waals surface area contributed by atoms with E-state index >= 15 is 0 Å². The molecule has 2 rings (SSSR count). The van der Waals surface area contributed by atoms with Gasteiger partial charge in [0.1, 0.15) is 0 Å². The Morgan fingerprint density at radius 2 is 1.79 bits per heavy atom. The number of aliphatic carboxylic acids is 1. The largest absolute Gasteiger partial charge is 0.481 e. The minimum atomic E-state index is -0.580. The number of rotatable bonds is 1. The van der Waals surface area contributed by atoms with Crippen LogP contribution in [0, 0.1) is 23.7 Å². The first-order chi connectivity index (χ1) is 6.72. The minimum absolute atomic E-state index is 0.0634. The van der Waals surface area contributed by atoms with E-state index in [0.29, 0.717) is 17.8 Å². The van der Waals surface area contributed by atoms with Crippen molar-refractivity contribution in [2.24, 2.45) is 23.7 Å².